The van der Waals surface area contributed by atoms with Crippen molar-refractivity contribution in [3.8, 4) is 0 Å². The first-order valence-corrected chi connectivity index (χ1v) is 7.55. The second-order valence-corrected chi connectivity index (χ2v) is 6.99. The molecule has 0 heteroatoms. The standard InChI is InChI=1S/C16H30/c1-6-11-9-13(11)12(7-2)14-10-15(14)16(4,5)8-3/h11-15H,6-10H2,1-5H3. The first-order valence-electron chi connectivity index (χ1n) is 7.55. The number of hydrogen-bond donors (Lipinski definition) is 0. The zero-order valence-electron chi connectivity index (χ0n) is 11.9. The highest BCUT2D eigenvalue weighted by Crippen LogP contribution is 2.62. The van der Waals surface area contributed by atoms with E-state index in [-0.39, 0.29) is 0 Å². The molecule has 2 fully saturated rings. The average molecular weight is 222 g/mol. The highest BCUT2D eigenvalue weighted by atomic mass is 14.6. The molecule has 2 saturated carbocycles. The molecule has 16 heavy (non-hydrogen) atoms. The van der Waals surface area contributed by atoms with Gasteiger partial charge in [0.05, 0.1) is 0 Å². The van der Waals surface area contributed by atoms with Crippen molar-refractivity contribution in [2.75, 3.05) is 0 Å². The Bertz CT molecular complexity index is 240. The van der Waals surface area contributed by atoms with Crippen LogP contribution in [0.15, 0.2) is 0 Å². The van der Waals surface area contributed by atoms with E-state index in [1.165, 1.54) is 25.7 Å². The normalized spacial score (nSPS) is 39.6. The summed E-state index contributed by atoms with van der Waals surface area (Å²) >= 11 is 0. The van der Waals surface area contributed by atoms with E-state index < -0.39 is 0 Å². The summed E-state index contributed by atoms with van der Waals surface area (Å²) in [6, 6.07) is 0. The fourth-order valence-corrected chi connectivity index (χ4v) is 4.04. The minimum absolute atomic E-state index is 0.606. The van der Waals surface area contributed by atoms with E-state index >= 15 is 0 Å². The van der Waals surface area contributed by atoms with Gasteiger partial charge in [-0.2, -0.15) is 0 Å². The Morgan fingerprint density at radius 1 is 1.06 bits per heavy atom. The van der Waals surface area contributed by atoms with Gasteiger partial charge in [-0.05, 0) is 47.8 Å². The Hall–Kier alpha value is 0. The van der Waals surface area contributed by atoms with Crippen LogP contribution in [0.4, 0.5) is 0 Å². The third-order valence-electron chi connectivity index (χ3n) is 5.83. The van der Waals surface area contributed by atoms with Gasteiger partial charge in [0.25, 0.3) is 0 Å². The van der Waals surface area contributed by atoms with Crippen LogP contribution in [0.25, 0.3) is 0 Å². The van der Waals surface area contributed by atoms with E-state index in [1.807, 2.05) is 0 Å². The molecule has 5 unspecified atom stereocenters. The molecule has 0 bridgehead atoms. The predicted molar refractivity (Wildman–Crippen MR) is 71.3 cm³/mol. The van der Waals surface area contributed by atoms with Crippen LogP contribution in [-0.2, 0) is 0 Å². The fraction of sp³-hybridized carbons (Fsp3) is 1.00. The molecule has 0 heterocycles. The van der Waals surface area contributed by atoms with Crippen LogP contribution in [0.5, 0.6) is 0 Å². The molecule has 0 aromatic rings. The van der Waals surface area contributed by atoms with E-state index in [4.69, 9.17) is 0 Å². The van der Waals surface area contributed by atoms with E-state index in [9.17, 15) is 0 Å². The summed E-state index contributed by atoms with van der Waals surface area (Å²) in [4.78, 5) is 0. The van der Waals surface area contributed by atoms with Gasteiger partial charge in [0.2, 0.25) is 0 Å². The molecule has 0 saturated heterocycles. The molecule has 5 atom stereocenters. The zero-order valence-corrected chi connectivity index (χ0v) is 11.9. The van der Waals surface area contributed by atoms with Crippen molar-refractivity contribution in [1.29, 1.82) is 0 Å². The smallest absolute Gasteiger partial charge is 0.0326 e. The van der Waals surface area contributed by atoms with Crippen LogP contribution in [0.3, 0.4) is 0 Å². The lowest BCUT2D eigenvalue weighted by molar-refractivity contribution is 0.242. The lowest BCUT2D eigenvalue weighted by atomic mass is 9.80. The van der Waals surface area contributed by atoms with Crippen LogP contribution in [0.2, 0.25) is 0 Å². The molecule has 0 aromatic carbocycles. The maximum Gasteiger partial charge on any atom is -0.0326 e. The quantitative estimate of drug-likeness (QED) is 0.584. The lowest BCUT2D eigenvalue weighted by Gasteiger charge is -2.25. The Kier molecular flexibility index (Phi) is 3.39. The molecule has 2 aliphatic rings. The Morgan fingerprint density at radius 3 is 2.19 bits per heavy atom. The van der Waals surface area contributed by atoms with Gasteiger partial charge in [-0.25, -0.2) is 0 Å². The largest absolute Gasteiger partial charge is 0.0651 e. The summed E-state index contributed by atoms with van der Waals surface area (Å²) in [5.74, 6) is 5.40. The van der Waals surface area contributed by atoms with Crippen LogP contribution in [0, 0.1) is 35.0 Å². The molecule has 0 spiro atoms. The topological polar surface area (TPSA) is 0 Å². The highest BCUT2D eigenvalue weighted by Gasteiger charge is 2.54. The first-order chi connectivity index (χ1) is 7.55. The molecule has 0 radical (unpaired) electrons. The summed E-state index contributed by atoms with van der Waals surface area (Å²) in [6.45, 7) is 12.1. The van der Waals surface area contributed by atoms with Crippen LogP contribution in [-0.4, -0.2) is 0 Å². The molecular formula is C16H30. The van der Waals surface area contributed by atoms with E-state index in [0.29, 0.717) is 5.41 Å². The first kappa shape index (κ1) is 12.5. The second-order valence-electron chi connectivity index (χ2n) is 6.99. The average Bonchev–Trinajstić information content (AvgIpc) is 3.12. The van der Waals surface area contributed by atoms with Crippen molar-refractivity contribution in [1.82, 2.24) is 0 Å². The van der Waals surface area contributed by atoms with Crippen molar-refractivity contribution in [3.63, 3.8) is 0 Å². The second kappa shape index (κ2) is 4.35. The van der Waals surface area contributed by atoms with E-state index in [0.717, 1.165) is 29.6 Å². The monoisotopic (exact) mass is 222 g/mol. The van der Waals surface area contributed by atoms with Crippen LogP contribution >= 0.6 is 0 Å². The van der Waals surface area contributed by atoms with Crippen molar-refractivity contribution in [2.45, 2.75) is 66.7 Å². The van der Waals surface area contributed by atoms with Gasteiger partial charge >= 0.3 is 0 Å². The van der Waals surface area contributed by atoms with Gasteiger partial charge < -0.3 is 0 Å². The SMILES string of the molecule is CCC1CC1C(CC)C1CC1C(C)(C)CC. The lowest BCUT2D eigenvalue weighted by Crippen LogP contribution is -2.17. The molecule has 0 amide bonds. The predicted octanol–water partition coefficient (Wildman–Crippen LogP) is 5.13. The van der Waals surface area contributed by atoms with Gasteiger partial charge in [0.15, 0.2) is 0 Å². The maximum absolute atomic E-state index is 2.48. The fourth-order valence-electron chi connectivity index (χ4n) is 4.04. The van der Waals surface area contributed by atoms with Crippen molar-refractivity contribution in [2.24, 2.45) is 35.0 Å². The van der Waals surface area contributed by atoms with Crippen molar-refractivity contribution >= 4 is 0 Å². The molecule has 94 valence electrons. The Morgan fingerprint density at radius 2 is 1.75 bits per heavy atom. The zero-order chi connectivity index (χ0) is 11.9. The van der Waals surface area contributed by atoms with E-state index in [1.54, 1.807) is 6.42 Å². The van der Waals surface area contributed by atoms with Crippen LogP contribution < -0.4 is 0 Å². The molecule has 2 aliphatic carbocycles. The summed E-state index contributed by atoms with van der Waals surface area (Å²) in [5.41, 5.74) is 0.606. The number of rotatable bonds is 6. The minimum atomic E-state index is 0.606. The van der Waals surface area contributed by atoms with Gasteiger partial charge in [-0.15, -0.1) is 0 Å². The Labute approximate surface area is 102 Å². The maximum atomic E-state index is 2.48. The number of hydrogen-bond acceptors (Lipinski definition) is 0. The summed E-state index contributed by atoms with van der Waals surface area (Å²) in [6.07, 6.45) is 7.29. The third kappa shape index (κ3) is 2.17. The molecular weight excluding hydrogens is 192 g/mol. The molecule has 0 aromatic heterocycles. The summed E-state index contributed by atoms with van der Waals surface area (Å²) in [7, 11) is 0. The summed E-state index contributed by atoms with van der Waals surface area (Å²) < 4.78 is 0. The van der Waals surface area contributed by atoms with Crippen molar-refractivity contribution in [3.05, 3.63) is 0 Å². The summed E-state index contributed by atoms with van der Waals surface area (Å²) in [5, 5.41) is 0. The van der Waals surface area contributed by atoms with Gasteiger partial charge in [-0.1, -0.05) is 53.9 Å². The Balaban J connectivity index is 1.90. The van der Waals surface area contributed by atoms with E-state index in [2.05, 4.69) is 34.6 Å². The van der Waals surface area contributed by atoms with Gasteiger partial charge in [0, 0.05) is 0 Å². The third-order valence-corrected chi connectivity index (χ3v) is 5.83. The van der Waals surface area contributed by atoms with Gasteiger partial charge in [0.1, 0.15) is 0 Å². The van der Waals surface area contributed by atoms with Crippen LogP contribution in [0.1, 0.15) is 66.7 Å². The highest BCUT2D eigenvalue weighted by molar-refractivity contribution is 5.03. The van der Waals surface area contributed by atoms with Crippen molar-refractivity contribution < 1.29 is 0 Å². The van der Waals surface area contributed by atoms with Gasteiger partial charge in [-0.3, -0.25) is 0 Å². The molecule has 0 aliphatic heterocycles. The minimum Gasteiger partial charge on any atom is -0.0651 e. The molecule has 0 N–H and O–H groups in total. The molecule has 0 nitrogen and oxygen atoms in total. The molecule has 2 rings (SSSR count).